The van der Waals surface area contributed by atoms with E-state index in [0.717, 1.165) is 23.7 Å². The predicted molar refractivity (Wildman–Crippen MR) is 133 cm³/mol. The van der Waals surface area contributed by atoms with Gasteiger partial charge in [0.05, 0.1) is 0 Å². The van der Waals surface area contributed by atoms with Crippen LogP contribution in [-0.4, -0.2) is 0 Å². The number of unbranched alkanes of at least 4 members (excludes halogenated alkanes) is 1. The van der Waals surface area contributed by atoms with Crippen molar-refractivity contribution in [2.45, 2.75) is 132 Å². The van der Waals surface area contributed by atoms with Gasteiger partial charge in [-0.1, -0.05) is 110 Å². The molecule has 1 fully saturated rings. The van der Waals surface area contributed by atoms with Crippen molar-refractivity contribution < 1.29 is 0 Å². The van der Waals surface area contributed by atoms with Crippen molar-refractivity contribution in [1.29, 1.82) is 0 Å². The molecule has 0 nitrogen and oxygen atoms in total. The lowest BCUT2D eigenvalue weighted by Gasteiger charge is -2.30. The fraction of sp³-hybridized carbons (Fsp3) is 0.857. The minimum Gasteiger partial charge on any atom is -0.103 e. The molecule has 1 aliphatic carbocycles. The van der Waals surface area contributed by atoms with E-state index in [-0.39, 0.29) is 0 Å². The smallest absolute Gasteiger partial charge is 0.0326 e. The maximum Gasteiger partial charge on any atom is -0.0326 e. The van der Waals surface area contributed by atoms with Crippen LogP contribution < -0.4 is 0 Å². The molecule has 0 amide bonds. The summed E-state index contributed by atoms with van der Waals surface area (Å²) in [5, 5.41) is 0. The maximum atomic E-state index is 3.93. The molecule has 1 rings (SSSR count). The molecule has 28 heavy (non-hydrogen) atoms. The monoisotopic (exact) mass is 392 g/mol. The Labute approximate surface area is 180 Å². The van der Waals surface area contributed by atoms with Crippen LogP contribution in [0.15, 0.2) is 24.8 Å². The van der Waals surface area contributed by atoms with Crippen molar-refractivity contribution in [3.63, 3.8) is 0 Å². The average molecular weight is 393 g/mol. The summed E-state index contributed by atoms with van der Waals surface area (Å²) in [5.74, 6) is 3.98. The number of rotatable bonds is 11. The van der Waals surface area contributed by atoms with Gasteiger partial charge < -0.3 is 0 Å². The topological polar surface area (TPSA) is 0 Å². The largest absolute Gasteiger partial charge is 0.103 e. The molecule has 0 N–H and O–H groups in total. The van der Waals surface area contributed by atoms with Crippen molar-refractivity contribution in [3.05, 3.63) is 24.8 Å². The van der Waals surface area contributed by atoms with Gasteiger partial charge in [-0.2, -0.15) is 0 Å². The normalized spacial score (nSPS) is 20.7. The Hall–Kier alpha value is -0.520. The van der Waals surface area contributed by atoms with Crippen LogP contribution in [0.25, 0.3) is 0 Å². The molecule has 0 aromatic carbocycles. The second kappa shape index (κ2) is 21.2. The molecule has 168 valence electrons. The van der Waals surface area contributed by atoms with E-state index in [1.54, 1.807) is 6.08 Å². The zero-order chi connectivity index (χ0) is 21.8. The van der Waals surface area contributed by atoms with E-state index >= 15 is 0 Å². The third kappa shape index (κ3) is 18.8. The summed E-state index contributed by atoms with van der Waals surface area (Å²) in [6.45, 7) is 23.0. The Morgan fingerprint density at radius 2 is 1.57 bits per heavy atom. The molecule has 0 aromatic rings. The Morgan fingerprint density at radius 3 is 2.04 bits per heavy atom. The number of allylic oxidation sites excluding steroid dienone is 2. The lowest BCUT2D eigenvalue weighted by atomic mass is 9.76. The highest BCUT2D eigenvalue weighted by Crippen LogP contribution is 2.34. The van der Waals surface area contributed by atoms with Crippen molar-refractivity contribution in [3.8, 4) is 0 Å². The quantitative estimate of drug-likeness (QED) is 0.242. The zero-order valence-electron chi connectivity index (χ0n) is 21.0. The summed E-state index contributed by atoms with van der Waals surface area (Å²) in [4.78, 5) is 0. The first-order valence-electron chi connectivity index (χ1n) is 12.6. The molecule has 1 aliphatic rings. The van der Waals surface area contributed by atoms with Crippen LogP contribution in [0.3, 0.4) is 0 Å². The summed E-state index contributed by atoms with van der Waals surface area (Å²) in [6, 6.07) is 0. The fourth-order valence-electron chi connectivity index (χ4n) is 4.46. The lowest BCUT2D eigenvalue weighted by Crippen LogP contribution is -2.18. The van der Waals surface area contributed by atoms with Crippen LogP contribution in [0.2, 0.25) is 0 Å². The minimum atomic E-state index is 0.908. The molecule has 1 saturated carbocycles. The van der Waals surface area contributed by atoms with E-state index in [1.165, 1.54) is 89.0 Å². The fourth-order valence-corrected chi connectivity index (χ4v) is 4.46. The summed E-state index contributed by atoms with van der Waals surface area (Å²) in [5.41, 5.74) is 1.33. The molecule has 0 aliphatic heterocycles. The third-order valence-electron chi connectivity index (χ3n) is 6.30. The first-order valence-corrected chi connectivity index (χ1v) is 12.6. The Morgan fingerprint density at radius 1 is 1.00 bits per heavy atom. The second-order valence-electron chi connectivity index (χ2n) is 9.47. The second-order valence-corrected chi connectivity index (χ2v) is 9.47. The van der Waals surface area contributed by atoms with E-state index in [2.05, 4.69) is 54.7 Å². The first kappa shape index (κ1) is 29.7. The molecule has 0 radical (unpaired) electrons. The molecule has 0 bridgehead atoms. The van der Waals surface area contributed by atoms with Gasteiger partial charge in [-0.3, -0.25) is 0 Å². The predicted octanol–water partition coefficient (Wildman–Crippen LogP) is 10.4. The van der Waals surface area contributed by atoms with Gasteiger partial charge in [0.2, 0.25) is 0 Å². The highest BCUT2D eigenvalue weighted by atomic mass is 14.3. The van der Waals surface area contributed by atoms with Gasteiger partial charge in [-0.05, 0) is 56.8 Å². The molecular weight excluding hydrogens is 336 g/mol. The van der Waals surface area contributed by atoms with Gasteiger partial charge in [-0.25, -0.2) is 0 Å². The van der Waals surface area contributed by atoms with Gasteiger partial charge in [0.1, 0.15) is 0 Å². The van der Waals surface area contributed by atoms with Crippen LogP contribution in [0, 0.1) is 23.7 Å². The van der Waals surface area contributed by atoms with Gasteiger partial charge in [-0.15, -0.1) is 13.2 Å². The van der Waals surface area contributed by atoms with Gasteiger partial charge in [0.15, 0.2) is 0 Å². The van der Waals surface area contributed by atoms with Crippen LogP contribution in [0.5, 0.6) is 0 Å². The van der Waals surface area contributed by atoms with Crippen molar-refractivity contribution in [2.24, 2.45) is 23.7 Å². The molecule has 0 heterocycles. The molecule has 4 unspecified atom stereocenters. The molecule has 0 saturated heterocycles. The van der Waals surface area contributed by atoms with Crippen LogP contribution in [0.1, 0.15) is 132 Å². The van der Waals surface area contributed by atoms with E-state index in [9.17, 15) is 0 Å². The van der Waals surface area contributed by atoms with Crippen molar-refractivity contribution >= 4 is 0 Å². The lowest BCUT2D eigenvalue weighted by molar-refractivity contribution is 0.216. The molecular formula is C28H56. The molecule has 4 atom stereocenters. The van der Waals surface area contributed by atoms with E-state index in [4.69, 9.17) is 0 Å². The van der Waals surface area contributed by atoms with Crippen molar-refractivity contribution in [2.75, 3.05) is 0 Å². The van der Waals surface area contributed by atoms with Gasteiger partial charge in [0.25, 0.3) is 0 Å². The number of hydrogen-bond acceptors (Lipinski definition) is 0. The molecule has 0 heteroatoms. The highest BCUT2D eigenvalue weighted by molar-refractivity contribution is 4.87. The first-order chi connectivity index (χ1) is 13.4. The maximum absolute atomic E-state index is 3.93. The summed E-state index contributed by atoms with van der Waals surface area (Å²) >= 11 is 0. The third-order valence-corrected chi connectivity index (χ3v) is 6.30. The van der Waals surface area contributed by atoms with Crippen LogP contribution in [-0.2, 0) is 0 Å². The van der Waals surface area contributed by atoms with Gasteiger partial charge >= 0.3 is 0 Å². The minimum absolute atomic E-state index is 0.908. The Kier molecular flexibility index (Phi) is 22.5. The summed E-state index contributed by atoms with van der Waals surface area (Å²) in [7, 11) is 0. The van der Waals surface area contributed by atoms with E-state index in [1.807, 2.05) is 6.92 Å². The summed E-state index contributed by atoms with van der Waals surface area (Å²) < 4.78 is 0. The zero-order valence-corrected chi connectivity index (χ0v) is 21.0. The highest BCUT2D eigenvalue weighted by Gasteiger charge is 2.22. The van der Waals surface area contributed by atoms with Crippen LogP contribution in [0.4, 0.5) is 0 Å². The summed E-state index contributed by atoms with van der Waals surface area (Å²) in [6.07, 6.45) is 20.1. The Balaban J connectivity index is 0. The Bertz CT molecular complexity index is 338. The molecule has 0 aromatic heterocycles. The van der Waals surface area contributed by atoms with Crippen molar-refractivity contribution in [1.82, 2.24) is 0 Å². The van der Waals surface area contributed by atoms with E-state index < -0.39 is 0 Å². The van der Waals surface area contributed by atoms with E-state index in [0.29, 0.717) is 0 Å². The number of hydrogen-bond donors (Lipinski definition) is 0. The molecule has 0 spiro atoms. The standard InChI is InChI=1S/C14H28.C11H22.C3H6/c1-6-13(4)11-14(5)10-8-7-9-12(2)3;1-3-7-11-9-6-5-8-10(11)4-2;1-3-2/h13-14H,2,6-11H2,1,3-5H3;10-11H,3-9H2,1-2H3;3H,1H2,2H3. The average Bonchev–Trinajstić information content (AvgIpc) is 2.67. The van der Waals surface area contributed by atoms with Gasteiger partial charge in [0, 0.05) is 0 Å². The van der Waals surface area contributed by atoms with Crippen LogP contribution >= 0.6 is 0 Å². The SMILES string of the molecule is C=C(C)CCCCC(C)CC(C)CC.C=CC.CCCC1CCCCC1CC.